The fourth-order valence-corrected chi connectivity index (χ4v) is 2.96. The highest BCUT2D eigenvalue weighted by molar-refractivity contribution is 5.82. The van der Waals surface area contributed by atoms with Crippen molar-refractivity contribution in [2.45, 2.75) is 71.9 Å². The first-order valence-corrected chi connectivity index (χ1v) is 6.80. The maximum Gasteiger partial charge on any atom is 0.326 e. The first-order chi connectivity index (χ1) is 7.85. The predicted octanol–water partition coefficient (Wildman–Crippen LogP) is 2.89. The van der Waals surface area contributed by atoms with Crippen LogP contribution in [0.1, 0.15) is 60.3 Å². The Hall–Kier alpha value is -0.570. The van der Waals surface area contributed by atoms with E-state index in [4.69, 9.17) is 4.74 Å². The van der Waals surface area contributed by atoms with E-state index in [2.05, 4.69) is 33.0 Å². The third kappa shape index (κ3) is 2.82. The van der Waals surface area contributed by atoms with Crippen LogP contribution in [-0.2, 0) is 9.53 Å². The zero-order valence-electron chi connectivity index (χ0n) is 11.9. The van der Waals surface area contributed by atoms with Gasteiger partial charge in [0.25, 0.3) is 0 Å². The Kier molecular flexibility index (Phi) is 4.59. The summed E-state index contributed by atoms with van der Waals surface area (Å²) < 4.78 is 5.32. The second-order valence-electron chi connectivity index (χ2n) is 6.02. The van der Waals surface area contributed by atoms with Crippen LogP contribution in [0.25, 0.3) is 0 Å². The second kappa shape index (κ2) is 5.38. The Bertz CT molecular complexity index is 273. The Morgan fingerprint density at radius 2 is 1.88 bits per heavy atom. The number of ether oxygens (including phenoxy) is 1. The molecule has 1 saturated carbocycles. The Labute approximate surface area is 105 Å². The molecule has 0 saturated heterocycles. The molecule has 3 heteroatoms. The van der Waals surface area contributed by atoms with Gasteiger partial charge in [-0.05, 0) is 39.0 Å². The van der Waals surface area contributed by atoms with E-state index in [9.17, 15) is 4.79 Å². The minimum absolute atomic E-state index is 0.0399. The van der Waals surface area contributed by atoms with E-state index in [0.717, 1.165) is 19.3 Å². The molecule has 1 atom stereocenters. The average molecular weight is 241 g/mol. The molecule has 0 aromatic carbocycles. The van der Waals surface area contributed by atoms with E-state index < -0.39 is 5.54 Å². The summed E-state index contributed by atoms with van der Waals surface area (Å²) in [7, 11) is 0. The van der Waals surface area contributed by atoms with E-state index in [1.165, 1.54) is 6.42 Å². The molecule has 1 rings (SSSR count). The normalized spacial score (nSPS) is 28.1. The average Bonchev–Trinajstić information content (AvgIpc) is 2.20. The number of esters is 1. The van der Waals surface area contributed by atoms with E-state index >= 15 is 0 Å². The molecule has 0 bridgehead atoms. The standard InChI is InChI=1S/C14H27NO2/c1-6-17-12(16)14(15-11(2)3)10-8-7-9-13(14,4)5/h11,15H,6-10H2,1-5H3. The molecule has 0 radical (unpaired) electrons. The van der Waals surface area contributed by atoms with Crippen LogP contribution in [0, 0.1) is 5.41 Å². The van der Waals surface area contributed by atoms with Crippen molar-refractivity contribution in [3.63, 3.8) is 0 Å². The molecule has 1 aliphatic rings. The van der Waals surface area contributed by atoms with Crippen LogP contribution < -0.4 is 5.32 Å². The topological polar surface area (TPSA) is 38.3 Å². The van der Waals surface area contributed by atoms with Crippen molar-refractivity contribution >= 4 is 5.97 Å². The minimum Gasteiger partial charge on any atom is -0.465 e. The van der Waals surface area contributed by atoms with Gasteiger partial charge in [0.05, 0.1) is 6.61 Å². The highest BCUT2D eigenvalue weighted by Crippen LogP contribution is 2.44. The first-order valence-electron chi connectivity index (χ1n) is 6.80. The van der Waals surface area contributed by atoms with E-state index in [1.54, 1.807) is 0 Å². The molecule has 0 spiro atoms. The first kappa shape index (κ1) is 14.5. The molecule has 1 fully saturated rings. The molecule has 17 heavy (non-hydrogen) atoms. The van der Waals surface area contributed by atoms with Crippen LogP contribution in [0.15, 0.2) is 0 Å². The Balaban J connectivity index is 3.02. The molecule has 1 aliphatic carbocycles. The molecule has 1 N–H and O–H groups in total. The molecular formula is C14H27NO2. The quantitative estimate of drug-likeness (QED) is 0.769. The van der Waals surface area contributed by atoms with Crippen LogP contribution in [0.4, 0.5) is 0 Å². The number of hydrogen-bond donors (Lipinski definition) is 1. The molecule has 3 nitrogen and oxygen atoms in total. The van der Waals surface area contributed by atoms with Gasteiger partial charge in [0.15, 0.2) is 0 Å². The van der Waals surface area contributed by atoms with Crippen molar-refractivity contribution in [1.82, 2.24) is 5.32 Å². The van der Waals surface area contributed by atoms with Gasteiger partial charge in [-0.1, -0.05) is 26.7 Å². The van der Waals surface area contributed by atoms with Crippen LogP contribution in [0.5, 0.6) is 0 Å². The predicted molar refractivity (Wildman–Crippen MR) is 69.9 cm³/mol. The van der Waals surface area contributed by atoms with Crippen molar-refractivity contribution in [2.75, 3.05) is 6.61 Å². The summed E-state index contributed by atoms with van der Waals surface area (Å²) in [6.45, 7) is 10.9. The van der Waals surface area contributed by atoms with Gasteiger partial charge in [-0.15, -0.1) is 0 Å². The van der Waals surface area contributed by atoms with Gasteiger partial charge in [-0.25, -0.2) is 0 Å². The van der Waals surface area contributed by atoms with Gasteiger partial charge in [0.1, 0.15) is 5.54 Å². The molecule has 0 aromatic heterocycles. The summed E-state index contributed by atoms with van der Waals surface area (Å²) >= 11 is 0. The van der Waals surface area contributed by atoms with Crippen LogP contribution in [-0.4, -0.2) is 24.2 Å². The number of rotatable bonds is 4. The van der Waals surface area contributed by atoms with Crippen molar-refractivity contribution in [1.29, 1.82) is 0 Å². The lowest BCUT2D eigenvalue weighted by molar-refractivity contribution is -0.160. The number of carbonyl (C=O) groups is 1. The highest BCUT2D eigenvalue weighted by atomic mass is 16.5. The molecule has 0 amide bonds. The summed E-state index contributed by atoms with van der Waals surface area (Å²) in [6, 6.07) is 0.289. The number of carbonyl (C=O) groups excluding carboxylic acids is 1. The zero-order valence-corrected chi connectivity index (χ0v) is 11.9. The summed E-state index contributed by atoms with van der Waals surface area (Å²) in [6.07, 6.45) is 4.26. The van der Waals surface area contributed by atoms with Gasteiger partial charge in [-0.3, -0.25) is 10.1 Å². The van der Waals surface area contributed by atoms with Gasteiger partial charge >= 0.3 is 5.97 Å². The number of nitrogens with one attached hydrogen (secondary N) is 1. The molecular weight excluding hydrogens is 214 g/mol. The molecule has 0 aromatic rings. The monoisotopic (exact) mass is 241 g/mol. The Morgan fingerprint density at radius 1 is 1.29 bits per heavy atom. The Morgan fingerprint density at radius 3 is 2.35 bits per heavy atom. The largest absolute Gasteiger partial charge is 0.465 e. The third-order valence-electron chi connectivity index (χ3n) is 3.92. The van der Waals surface area contributed by atoms with E-state index in [1.807, 2.05) is 6.92 Å². The van der Waals surface area contributed by atoms with Gasteiger partial charge in [0, 0.05) is 6.04 Å². The van der Waals surface area contributed by atoms with Crippen molar-refractivity contribution in [2.24, 2.45) is 5.41 Å². The van der Waals surface area contributed by atoms with E-state index in [0.29, 0.717) is 6.61 Å². The lowest BCUT2D eigenvalue weighted by atomic mass is 9.62. The SMILES string of the molecule is CCOC(=O)C1(NC(C)C)CCCCC1(C)C. The van der Waals surface area contributed by atoms with Gasteiger partial charge in [0.2, 0.25) is 0 Å². The van der Waals surface area contributed by atoms with E-state index in [-0.39, 0.29) is 17.4 Å². The molecule has 0 aliphatic heterocycles. The molecule has 0 heterocycles. The maximum absolute atomic E-state index is 12.4. The van der Waals surface area contributed by atoms with Gasteiger partial charge < -0.3 is 4.74 Å². The summed E-state index contributed by atoms with van der Waals surface area (Å²) in [4.78, 5) is 12.4. The summed E-state index contributed by atoms with van der Waals surface area (Å²) in [5.41, 5.74) is -0.544. The van der Waals surface area contributed by atoms with Crippen molar-refractivity contribution < 1.29 is 9.53 Å². The van der Waals surface area contributed by atoms with Crippen molar-refractivity contribution in [3.8, 4) is 0 Å². The van der Waals surface area contributed by atoms with Crippen LogP contribution in [0.2, 0.25) is 0 Å². The summed E-state index contributed by atoms with van der Waals surface area (Å²) in [5.74, 6) is -0.0709. The third-order valence-corrected chi connectivity index (χ3v) is 3.92. The molecule has 1 unspecified atom stereocenters. The van der Waals surface area contributed by atoms with Crippen molar-refractivity contribution in [3.05, 3.63) is 0 Å². The second-order valence-corrected chi connectivity index (χ2v) is 6.02. The van der Waals surface area contributed by atoms with Crippen LogP contribution >= 0.6 is 0 Å². The fraction of sp³-hybridized carbons (Fsp3) is 0.929. The summed E-state index contributed by atoms with van der Waals surface area (Å²) in [5, 5.41) is 3.50. The maximum atomic E-state index is 12.4. The lowest BCUT2D eigenvalue weighted by Gasteiger charge is -2.49. The lowest BCUT2D eigenvalue weighted by Crippen LogP contribution is -2.65. The van der Waals surface area contributed by atoms with Crippen LogP contribution in [0.3, 0.4) is 0 Å². The fourth-order valence-electron chi connectivity index (χ4n) is 2.96. The van der Waals surface area contributed by atoms with Gasteiger partial charge in [-0.2, -0.15) is 0 Å². The number of hydrogen-bond acceptors (Lipinski definition) is 3. The minimum atomic E-state index is -0.505. The smallest absolute Gasteiger partial charge is 0.326 e. The molecule has 100 valence electrons. The highest BCUT2D eigenvalue weighted by Gasteiger charge is 2.53. The zero-order chi connectivity index (χ0) is 13.1.